The standard InChI is InChI=1S/C15H17BrN2O2/c1-4-13-15(16)14(18(3)17-13)9-20-12-7-5-6-11(8-12)10(2)19/h5-8H,4,9H2,1-3H3. The number of Topliss-reactive ketones (excluding diaryl/α,β-unsaturated/α-hetero) is 1. The highest BCUT2D eigenvalue weighted by molar-refractivity contribution is 9.10. The van der Waals surface area contributed by atoms with Crippen LogP contribution in [-0.2, 0) is 20.1 Å². The van der Waals surface area contributed by atoms with Crippen LogP contribution < -0.4 is 4.74 Å². The average molecular weight is 337 g/mol. The lowest BCUT2D eigenvalue weighted by atomic mass is 10.1. The molecule has 0 spiro atoms. The maximum Gasteiger partial charge on any atom is 0.159 e. The molecule has 0 aliphatic heterocycles. The Morgan fingerprint density at radius 2 is 2.20 bits per heavy atom. The highest BCUT2D eigenvalue weighted by Crippen LogP contribution is 2.23. The topological polar surface area (TPSA) is 44.1 Å². The fourth-order valence-corrected chi connectivity index (χ4v) is 2.66. The van der Waals surface area contributed by atoms with Crippen LogP contribution in [0.25, 0.3) is 0 Å². The number of benzene rings is 1. The van der Waals surface area contributed by atoms with Gasteiger partial charge in [0.2, 0.25) is 0 Å². The monoisotopic (exact) mass is 336 g/mol. The normalized spacial score (nSPS) is 10.6. The second-order valence-corrected chi connectivity index (χ2v) is 5.35. The molecule has 0 aliphatic rings. The van der Waals surface area contributed by atoms with Gasteiger partial charge >= 0.3 is 0 Å². The maximum absolute atomic E-state index is 11.3. The molecule has 0 amide bonds. The quantitative estimate of drug-likeness (QED) is 0.784. The van der Waals surface area contributed by atoms with E-state index in [1.54, 1.807) is 19.1 Å². The lowest BCUT2D eigenvalue weighted by molar-refractivity contribution is 0.101. The molecular formula is C15H17BrN2O2. The fourth-order valence-electron chi connectivity index (χ4n) is 1.93. The van der Waals surface area contributed by atoms with Crippen molar-refractivity contribution in [2.45, 2.75) is 26.9 Å². The number of carbonyl (C=O) groups is 1. The summed E-state index contributed by atoms with van der Waals surface area (Å²) in [5.41, 5.74) is 2.65. The number of halogens is 1. The van der Waals surface area contributed by atoms with Gasteiger partial charge in [-0.15, -0.1) is 0 Å². The Morgan fingerprint density at radius 3 is 2.80 bits per heavy atom. The number of nitrogens with zero attached hydrogens (tertiary/aromatic N) is 2. The Kier molecular flexibility index (Phi) is 4.60. The minimum absolute atomic E-state index is 0.0328. The van der Waals surface area contributed by atoms with E-state index in [-0.39, 0.29) is 5.78 Å². The molecule has 0 saturated heterocycles. The SMILES string of the molecule is CCc1nn(C)c(COc2cccc(C(C)=O)c2)c1Br. The zero-order valence-electron chi connectivity index (χ0n) is 11.8. The molecule has 106 valence electrons. The van der Waals surface area contributed by atoms with Gasteiger partial charge in [-0.1, -0.05) is 19.1 Å². The number of rotatable bonds is 5. The molecule has 4 nitrogen and oxygen atoms in total. The minimum atomic E-state index is 0.0328. The first-order chi connectivity index (χ1) is 9.52. The number of carbonyl (C=O) groups excluding carboxylic acids is 1. The van der Waals surface area contributed by atoms with Crippen LogP contribution in [0.2, 0.25) is 0 Å². The van der Waals surface area contributed by atoms with Crippen LogP contribution >= 0.6 is 15.9 Å². The maximum atomic E-state index is 11.3. The molecule has 2 rings (SSSR count). The third-order valence-corrected chi connectivity index (χ3v) is 4.03. The first-order valence-corrected chi connectivity index (χ1v) is 7.26. The van der Waals surface area contributed by atoms with E-state index in [1.165, 1.54) is 0 Å². The molecule has 20 heavy (non-hydrogen) atoms. The van der Waals surface area contributed by atoms with E-state index in [1.807, 2.05) is 23.9 Å². The predicted octanol–water partition coefficient (Wildman–Crippen LogP) is 3.53. The average Bonchev–Trinajstić information content (AvgIpc) is 2.71. The second kappa shape index (κ2) is 6.22. The van der Waals surface area contributed by atoms with Crippen molar-refractivity contribution in [2.75, 3.05) is 0 Å². The van der Waals surface area contributed by atoms with E-state index in [4.69, 9.17) is 4.74 Å². The van der Waals surface area contributed by atoms with Gasteiger partial charge in [0.1, 0.15) is 12.4 Å². The highest BCUT2D eigenvalue weighted by Gasteiger charge is 2.13. The first-order valence-electron chi connectivity index (χ1n) is 6.47. The second-order valence-electron chi connectivity index (χ2n) is 4.56. The zero-order valence-corrected chi connectivity index (χ0v) is 13.4. The van der Waals surface area contributed by atoms with Crippen molar-refractivity contribution >= 4 is 21.7 Å². The number of ketones is 1. The molecule has 0 saturated carbocycles. The Morgan fingerprint density at radius 1 is 1.45 bits per heavy atom. The molecule has 0 atom stereocenters. The number of ether oxygens (including phenoxy) is 1. The molecule has 0 N–H and O–H groups in total. The summed E-state index contributed by atoms with van der Waals surface area (Å²) in [7, 11) is 1.90. The summed E-state index contributed by atoms with van der Waals surface area (Å²) in [5.74, 6) is 0.717. The Bertz CT molecular complexity index is 635. The third-order valence-electron chi connectivity index (χ3n) is 3.12. The molecule has 2 aromatic rings. The molecule has 5 heteroatoms. The van der Waals surface area contributed by atoms with Gasteiger partial charge in [-0.2, -0.15) is 5.10 Å². The van der Waals surface area contributed by atoms with Crippen LogP contribution in [-0.4, -0.2) is 15.6 Å². The number of hydrogen-bond acceptors (Lipinski definition) is 3. The van der Waals surface area contributed by atoms with Gasteiger partial charge in [0.15, 0.2) is 5.78 Å². The Labute approximate surface area is 126 Å². The Balaban J connectivity index is 2.15. The zero-order chi connectivity index (χ0) is 14.7. The summed E-state index contributed by atoms with van der Waals surface area (Å²) >= 11 is 3.56. The Hall–Kier alpha value is -1.62. The van der Waals surface area contributed by atoms with Crippen molar-refractivity contribution < 1.29 is 9.53 Å². The molecular weight excluding hydrogens is 320 g/mol. The van der Waals surface area contributed by atoms with Crippen molar-refractivity contribution in [1.82, 2.24) is 9.78 Å². The van der Waals surface area contributed by atoms with Crippen LogP contribution in [0.15, 0.2) is 28.7 Å². The fraction of sp³-hybridized carbons (Fsp3) is 0.333. The van der Waals surface area contributed by atoms with Crippen LogP contribution in [0.3, 0.4) is 0 Å². The van der Waals surface area contributed by atoms with E-state index < -0.39 is 0 Å². The van der Waals surface area contributed by atoms with Gasteiger partial charge in [-0.25, -0.2) is 0 Å². The van der Waals surface area contributed by atoms with Crippen LogP contribution in [0.1, 0.15) is 35.6 Å². The van der Waals surface area contributed by atoms with Crippen LogP contribution in [0, 0.1) is 0 Å². The molecule has 1 aromatic carbocycles. The summed E-state index contributed by atoms with van der Waals surface area (Å²) in [4.78, 5) is 11.3. The first kappa shape index (κ1) is 14.8. The van der Waals surface area contributed by atoms with E-state index >= 15 is 0 Å². The number of aromatic nitrogens is 2. The van der Waals surface area contributed by atoms with Crippen LogP contribution in [0.4, 0.5) is 0 Å². The predicted molar refractivity (Wildman–Crippen MR) is 81.1 cm³/mol. The summed E-state index contributed by atoms with van der Waals surface area (Å²) < 4.78 is 8.57. The smallest absolute Gasteiger partial charge is 0.159 e. The summed E-state index contributed by atoms with van der Waals surface area (Å²) in [5, 5.41) is 4.42. The highest BCUT2D eigenvalue weighted by atomic mass is 79.9. The molecule has 0 unspecified atom stereocenters. The number of aryl methyl sites for hydroxylation is 2. The van der Waals surface area contributed by atoms with Crippen molar-refractivity contribution in [3.8, 4) is 5.75 Å². The lowest BCUT2D eigenvalue weighted by Gasteiger charge is -2.08. The molecule has 1 heterocycles. The van der Waals surface area contributed by atoms with Crippen molar-refractivity contribution in [1.29, 1.82) is 0 Å². The van der Waals surface area contributed by atoms with Crippen molar-refractivity contribution in [2.24, 2.45) is 7.05 Å². The minimum Gasteiger partial charge on any atom is -0.487 e. The number of hydrogen-bond donors (Lipinski definition) is 0. The molecule has 0 radical (unpaired) electrons. The van der Waals surface area contributed by atoms with Crippen LogP contribution in [0.5, 0.6) is 5.75 Å². The largest absolute Gasteiger partial charge is 0.487 e. The van der Waals surface area contributed by atoms with Gasteiger partial charge in [0, 0.05) is 12.6 Å². The summed E-state index contributed by atoms with van der Waals surface area (Å²) in [6, 6.07) is 7.21. The summed E-state index contributed by atoms with van der Waals surface area (Å²) in [6.07, 6.45) is 0.869. The molecule has 0 bridgehead atoms. The van der Waals surface area contributed by atoms with Gasteiger partial charge < -0.3 is 4.74 Å². The van der Waals surface area contributed by atoms with Gasteiger partial charge in [-0.05, 0) is 41.4 Å². The van der Waals surface area contributed by atoms with Gasteiger partial charge in [-0.3, -0.25) is 9.48 Å². The van der Waals surface area contributed by atoms with Crippen molar-refractivity contribution in [3.63, 3.8) is 0 Å². The van der Waals surface area contributed by atoms with E-state index in [0.717, 1.165) is 22.3 Å². The molecule has 0 aliphatic carbocycles. The van der Waals surface area contributed by atoms with Gasteiger partial charge in [0.25, 0.3) is 0 Å². The van der Waals surface area contributed by atoms with E-state index in [0.29, 0.717) is 17.9 Å². The van der Waals surface area contributed by atoms with Crippen molar-refractivity contribution in [3.05, 3.63) is 45.7 Å². The van der Waals surface area contributed by atoms with E-state index in [2.05, 4.69) is 28.0 Å². The molecule has 0 fully saturated rings. The molecule has 1 aromatic heterocycles. The van der Waals surface area contributed by atoms with Gasteiger partial charge in [0.05, 0.1) is 15.9 Å². The lowest BCUT2D eigenvalue weighted by Crippen LogP contribution is -2.04. The summed E-state index contributed by atoms with van der Waals surface area (Å²) in [6.45, 7) is 4.02. The third kappa shape index (κ3) is 3.10. The van der Waals surface area contributed by atoms with E-state index in [9.17, 15) is 4.79 Å².